The zero-order chi connectivity index (χ0) is 22.1. The van der Waals surface area contributed by atoms with Gasteiger partial charge in [0.15, 0.2) is 6.10 Å². The molecule has 9 heteroatoms. The predicted molar refractivity (Wildman–Crippen MR) is 106 cm³/mol. The van der Waals surface area contributed by atoms with Crippen LogP contribution in [0.25, 0.3) is 0 Å². The molecule has 0 radical (unpaired) electrons. The predicted octanol–water partition coefficient (Wildman–Crippen LogP) is -0.103. The Morgan fingerprint density at radius 1 is 1.20 bits per heavy atom. The van der Waals surface area contributed by atoms with Crippen LogP contribution in [0.15, 0.2) is 24.3 Å². The molecule has 0 unspecified atom stereocenters. The molecule has 0 spiro atoms. The Balaban J connectivity index is 1.82. The third-order valence-electron chi connectivity index (χ3n) is 6.02. The molecule has 1 saturated carbocycles. The molecular formula is C21H31NO8. The Morgan fingerprint density at radius 3 is 2.60 bits per heavy atom. The summed E-state index contributed by atoms with van der Waals surface area (Å²) in [6, 6.07) is 6.77. The largest absolute Gasteiger partial charge is 0.479 e. The van der Waals surface area contributed by atoms with E-state index in [9.17, 15) is 30.3 Å². The van der Waals surface area contributed by atoms with Gasteiger partial charge in [0, 0.05) is 12.5 Å². The third-order valence-corrected chi connectivity index (χ3v) is 6.02. The van der Waals surface area contributed by atoms with Gasteiger partial charge in [0.2, 0.25) is 6.29 Å². The average Bonchev–Trinajstić information content (AvgIpc) is 2.70. The van der Waals surface area contributed by atoms with Crippen molar-refractivity contribution in [2.75, 3.05) is 20.6 Å². The number of carboxylic acids is 1. The molecule has 30 heavy (non-hydrogen) atoms. The van der Waals surface area contributed by atoms with Crippen molar-refractivity contribution in [2.45, 2.75) is 62.0 Å². The highest BCUT2D eigenvalue weighted by Gasteiger charge is 2.48. The number of rotatable bonds is 6. The van der Waals surface area contributed by atoms with Crippen LogP contribution >= 0.6 is 0 Å². The van der Waals surface area contributed by atoms with Crippen LogP contribution in [-0.2, 0) is 15.1 Å². The highest BCUT2D eigenvalue weighted by atomic mass is 16.7. The summed E-state index contributed by atoms with van der Waals surface area (Å²) >= 11 is 0. The van der Waals surface area contributed by atoms with Gasteiger partial charge in [0.1, 0.15) is 24.1 Å². The second-order valence-electron chi connectivity index (χ2n) is 8.51. The first-order chi connectivity index (χ1) is 14.1. The maximum absolute atomic E-state index is 11.5. The molecule has 1 heterocycles. The van der Waals surface area contributed by atoms with Crippen LogP contribution in [-0.4, -0.2) is 87.7 Å². The SMILES string of the molecule is CN(C)C[C@@H]1CCCC[C@@]1(O)c1cccc(O[C@@H]2O[C@H](C(=O)O)[C@@H](O)[C@H](O)[C@H]2O)c1. The van der Waals surface area contributed by atoms with Crippen molar-refractivity contribution in [3.05, 3.63) is 29.8 Å². The quantitative estimate of drug-likeness (QED) is 0.422. The molecule has 3 rings (SSSR count). The van der Waals surface area contributed by atoms with Gasteiger partial charge < -0.3 is 39.9 Å². The van der Waals surface area contributed by atoms with Crippen molar-refractivity contribution >= 4 is 5.97 Å². The molecule has 0 bridgehead atoms. The topological polar surface area (TPSA) is 140 Å². The summed E-state index contributed by atoms with van der Waals surface area (Å²) in [5, 5.41) is 50.6. The first kappa shape index (κ1) is 22.9. The molecule has 2 fully saturated rings. The summed E-state index contributed by atoms with van der Waals surface area (Å²) < 4.78 is 10.8. The van der Waals surface area contributed by atoms with E-state index in [-0.39, 0.29) is 11.7 Å². The van der Waals surface area contributed by atoms with Gasteiger partial charge in [-0.15, -0.1) is 0 Å². The Bertz CT molecular complexity index is 743. The van der Waals surface area contributed by atoms with Crippen molar-refractivity contribution in [3.8, 4) is 5.75 Å². The fraction of sp³-hybridized carbons (Fsp3) is 0.667. The fourth-order valence-corrected chi connectivity index (χ4v) is 4.41. The van der Waals surface area contributed by atoms with Crippen LogP contribution in [0.1, 0.15) is 31.2 Å². The number of aliphatic hydroxyl groups is 4. The van der Waals surface area contributed by atoms with E-state index in [1.807, 2.05) is 25.1 Å². The summed E-state index contributed by atoms with van der Waals surface area (Å²) in [4.78, 5) is 13.3. The van der Waals surface area contributed by atoms with E-state index < -0.39 is 42.3 Å². The van der Waals surface area contributed by atoms with Crippen LogP contribution in [0.5, 0.6) is 5.75 Å². The van der Waals surface area contributed by atoms with E-state index in [0.717, 1.165) is 25.8 Å². The maximum atomic E-state index is 11.5. The number of carbonyl (C=O) groups is 1. The van der Waals surface area contributed by atoms with Crippen molar-refractivity contribution in [1.29, 1.82) is 0 Å². The molecule has 5 N–H and O–H groups in total. The molecule has 1 aromatic carbocycles. The van der Waals surface area contributed by atoms with E-state index in [0.29, 0.717) is 12.0 Å². The fourth-order valence-electron chi connectivity index (χ4n) is 4.41. The molecule has 1 saturated heterocycles. The molecule has 1 aliphatic carbocycles. The number of aliphatic hydroxyl groups excluding tert-OH is 3. The lowest BCUT2D eigenvalue weighted by Crippen LogP contribution is -2.61. The van der Waals surface area contributed by atoms with Gasteiger partial charge in [-0.2, -0.15) is 0 Å². The van der Waals surface area contributed by atoms with Crippen LogP contribution < -0.4 is 4.74 Å². The van der Waals surface area contributed by atoms with E-state index in [4.69, 9.17) is 9.47 Å². The van der Waals surface area contributed by atoms with Crippen LogP contribution in [0, 0.1) is 5.92 Å². The van der Waals surface area contributed by atoms with Gasteiger partial charge >= 0.3 is 5.97 Å². The molecule has 0 amide bonds. The molecule has 9 nitrogen and oxygen atoms in total. The maximum Gasteiger partial charge on any atom is 0.335 e. The number of hydrogen-bond acceptors (Lipinski definition) is 8. The Hall–Kier alpha value is -1.75. The van der Waals surface area contributed by atoms with Gasteiger partial charge in [-0.3, -0.25) is 0 Å². The van der Waals surface area contributed by atoms with E-state index >= 15 is 0 Å². The lowest BCUT2D eigenvalue weighted by atomic mass is 9.71. The molecular weight excluding hydrogens is 394 g/mol. The lowest BCUT2D eigenvalue weighted by Gasteiger charge is -2.42. The monoisotopic (exact) mass is 425 g/mol. The second kappa shape index (κ2) is 9.17. The van der Waals surface area contributed by atoms with Crippen LogP contribution in [0.4, 0.5) is 0 Å². The van der Waals surface area contributed by atoms with E-state index in [1.54, 1.807) is 18.2 Å². The minimum atomic E-state index is -1.78. The first-order valence-electron chi connectivity index (χ1n) is 10.2. The zero-order valence-corrected chi connectivity index (χ0v) is 17.2. The zero-order valence-electron chi connectivity index (χ0n) is 17.2. The minimum absolute atomic E-state index is 0.0429. The number of hydrogen-bond donors (Lipinski definition) is 5. The summed E-state index contributed by atoms with van der Waals surface area (Å²) in [5.74, 6) is -1.17. The van der Waals surface area contributed by atoms with Crippen molar-refractivity contribution in [2.24, 2.45) is 5.92 Å². The van der Waals surface area contributed by atoms with Gasteiger partial charge in [-0.1, -0.05) is 25.0 Å². The molecule has 1 aliphatic heterocycles. The van der Waals surface area contributed by atoms with Crippen LogP contribution in [0.3, 0.4) is 0 Å². The molecule has 1 aromatic rings. The van der Waals surface area contributed by atoms with Gasteiger partial charge in [-0.05, 0) is 44.6 Å². The average molecular weight is 425 g/mol. The molecule has 7 atom stereocenters. The molecule has 2 aliphatic rings. The van der Waals surface area contributed by atoms with Gasteiger partial charge in [-0.25, -0.2) is 4.79 Å². The van der Waals surface area contributed by atoms with Gasteiger partial charge in [0.05, 0.1) is 5.60 Å². The Kier molecular flexibility index (Phi) is 7.01. The summed E-state index contributed by atoms with van der Waals surface area (Å²) in [6.07, 6.45) is -4.91. The molecule has 0 aromatic heterocycles. The smallest absolute Gasteiger partial charge is 0.335 e. The lowest BCUT2D eigenvalue weighted by molar-refractivity contribution is -0.271. The van der Waals surface area contributed by atoms with E-state index in [2.05, 4.69) is 0 Å². The van der Waals surface area contributed by atoms with E-state index in [1.165, 1.54) is 0 Å². The molecule has 168 valence electrons. The Labute approximate surface area is 175 Å². The first-order valence-corrected chi connectivity index (χ1v) is 10.2. The summed E-state index contributed by atoms with van der Waals surface area (Å²) in [6.45, 7) is 0.733. The second-order valence-corrected chi connectivity index (χ2v) is 8.51. The summed E-state index contributed by atoms with van der Waals surface area (Å²) in [5.41, 5.74) is -0.361. The highest BCUT2D eigenvalue weighted by Crippen LogP contribution is 2.43. The van der Waals surface area contributed by atoms with Gasteiger partial charge in [0.25, 0.3) is 0 Å². The standard InChI is InChI=1S/C21H31NO8/c1-22(2)11-13-6-3-4-9-21(13,28)12-7-5-8-14(10-12)29-20-17(25)15(23)16(24)18(30-20)19(26)27/h5,7-8,10,13,15-18,20,23-25,28H,3-4,6,9,11H2,1-2H3,(H,26,27)/t13-,15-,16-,17+,18-,20+,21+/m0/s1. The van der Waals surface area contributed by atoms with Crippen molar-refractivity contribution in [3.63, 3.8) is 0 Å². The number of nitrogens with zero attached hydrogens (tertiary/aromatic N) is 1. The number of benzene rings is 1. The minimum Gasteiger partial charge on any atom is -0.479 e. The normalized spacial score (nSPS) is 37.2. The third kappa shape index (κ3) is 4.61. The highest BCUT2D eigenvalue weighted by molar-refractivity contribution is 5.73. The number of carboxylic acid groups (broad SMARTS) is 1. The van der Waals surface area contributed by atoms with Crippen molar-refractivity contribution in [1.82, 2.24) is 4.90 Å². The van der Waals surface area contributed by atoms with Crippen molar-refractivity contribution < 1.29 is 39.8 Å². The number of ether oxygens (including phenoxy) is 2. The number of aliphatic carboxylic acids is 1. The Morgan fingerprint density at radius 2 is 1.93 bits per heavy atom. The van der Waals surface area contributed by atoms with Crippen LogP contribution in [0.2, 0.25) is 0 Å². The summed E-state index contributed by atoms with van der Waals surface area (Å²) in [7, 11) is 3.93.